The van der Waals surface area contributed by atoms with Crippen LogP contribution >= 0.6 is 0 Å². The second-order valence-electron chi connectivity index (χ2n) is 2.80. The predicted molar refractivity (Wildman–Crippen MR) is 52.9 cm³/mol. The molecular formula is C8H10N6. The second-order valence-corrected chi connectivity index (χ2v) is 2.80. The third-order valence-electron chi connectivity index (χ3n) is 1.63. The summed E-state index contributed by atoms with van der Waals surface area (Å²) in [6, 6.07) is 3.45. The van der Waals surface area contributed by atoms with Crippen LogP contribution in [0.1, 0.15) is 0 Å². The maximum Gasteiger partial charge on any atom is 0.230 e. The number of aryl methyl sites for hydroxylation is 1. The van der Waals surface area contributed by atoms with Crippen LogP contribution < -0.4 is 11.1 Å². The van der Waals surface area contributed by atoms with Gasteiger partial charge in [-0.25, -0.2) is 4.98 Å². The van der Waals surface area contributed by atoms with Crippen LogP contribution in [0.3, 0.4) is 0 Å². The molecule has 0 spiro atoms. The van der Waals surface area contributed by atoms with Gasteiger partial charge >= 0.3 is 0 Å². The average Bonchev–Trinajstić information content (AvgIpc) is 2.51. The number of aromatic nitrogens is 4. The standard InChI is InChI=1S/C8H10N6/c1-14-5-3-7(13-14)12-8-10-4-2-6(9)11-8/h2-5H,1H3,(H3,9,10,11,12,13). The fourth-order valence-electron chi connectivity index (χ4n) is 1.03. The van der Waals surface area contributed by atoms with E-state index in [1.807, 2.05) is 19.3 Å². The number of hydrogen-bond donors (Lipinski definition) is 2. The van der Waals surface area contributed by atoms with E-state index >= 15 is 0 Å². The van der Waals surface area contributed by atoms with Gasteiger partial charge in [-0.2, -0.15) is 10.1 Å². The molecule has 0 aliphatic rings. The first-order chi connectivity index (χ1) is 6.74. The molecule has 6 nitrogen and oxygen atoms in total. The maximum atomic E-state index is 5.50. The van der Waals surface area contributed by atoms with E-state index in [-0.39, 0.29) is 0 Å². The van der Waals surface area contributed by atoms with Crippen LogP contribution in [-0.4, -0.2) is 19.7 Å². The van der Waals surface area contributed by atoms with Crippen LogP contribution in [0.15, 0.2) is 24.5 Å². The molecule has 2 aromatic heterocycles. The Bertz CT molecular complexity index is 435. The van der Waals surface area contributed by atoms with Gasteiger partial charge in [0.1, 0.15) is 5.82 Å². The molecule has 3 N–H and O–H groups in total. The molecule has 0 saturated carbocycles. The van der Waals surface area contributed by atoms with Crippen LogP contribution in [0, 0.1) is 0 Å². The van der Waals surface area contributed by atoms with Crippen molar-refractivity contribution in [1.29, 1.82) is 0 Å². The zero-order chi connectivity index (χ0) is 9.97. The lowest BCUT2D eigenvalue weighted by Crippen LogP contribution is -2.00. The smallest absolute Gasteiger partial charge is 0.230 e. The largest absolute Gasteiger partial charge is 0.384 e. The summed E-state index contributed by atoms with van der Waals surface area (Å²) in [6.07, 6.45) is 3.42. The maximum absolute atomic E-state index is 5.50. The summed E-state index contributed by atoms with van der Waals surface area (Å²) in [4.78, 5) is 7.98. The topological polar surface area (TPSA) is 81.7 Å². The zero-order valence-electron chi connectivity index (χ0n) is 7.68. The molecule has 2 rings (SSSR count). The van der Waals surface area contributed by atoms with Gasteiger partial charge in [-0.05, 0) is 6.07 Å². The van der Waals surface area contributed by atoms with Crippen LogP contribution in [0.25, 0.3) is 0 Å². The lowest BCUT2D eigenvalue weighted by molar-refractivity contribution is 0.771. The Hall–Kier alpha value is -2.11. The first-order valence-corrected chi connectivity index (χ1v) is 4.09. The summed E-state index contributed by atoms with van der Waals surface area (Å²) in [5.41, 5.74) is 5.50. The number of hydrogen-bond acceptors (Lipinski definition) is 5. The fraction of sp³-hybridized carbons (Fsp3) is 0.125. The normalized spacial score (nSPS) is 10.1. The minimum absolute atomic E-state index is 0.429. The monoisotopic (exact) mass is 190 g/mol. The molecule has 0 bridgehead atoms. The van der Waals surface area contributed by atoms with Gasteiger partial charge in [0.15, 0.2) is 5.82 Å². The SMILES string of the molecule is Cn1ccc(Nc2nccc(N)n2)n1. The minimum atomic E-state index is 0.429. The van der Waals surface area contributed by atoms with Gasteiger partial charge in [-0.3, -0.25) is 4.68 Å². The average molecular weight is 190 g/mol. The quantitative estimate of drug-likeness (QED) is 0.722. The van der Waals surface area contributed by atoms with E-state index < -0.39 is 0 Å². The Morgan fingerprint density at radius 1 is 1.43 bits per heavy atom. The predicted octanol–water partition coefficient (Wildman–Crippen LogP) is 0.536. The van der Waals surface area contributed by atoms with Crippen molar-refractivity contribution in [2.75, 3.05) is 11.1 Å². The van der Waals surface area contributed by atoms with Gasteiger partial charge < -0.3 is 11.1 Å². The van der Waals surface area contributed by atoms with Crippen LogP contribution in [0.2, 0.25) is 0 Å². The molecule has 0 amide bonds. The third kappa shape index (κ3) is 1.79. The van der Waals surface area contributed by atoms with Crippen molar-refractivity contribution in [3.8, 4) is 0 Å². The molecule has 2 heterocycles. The Morgan fingerprint density at radius 2 is 2.29 bits per heavy atom. The highest BCUT2D eigenvalue weighted by atomic mass is 15.3. The molecule has 72 valence electrons. The Labute approximate surface area is 80.8 Å². The lowest BCUT2D eigenvalue weighted by Gasteiger charge is -2.00. The van der Waals surface area contributed by atoms with Gasteiger partial charge in [-0.1, -0.05) is 0 Å². The molecule has 2 aromatic rings. The zero-order valence-corrected chi connectivity index (χ0v) is 7.68. The van der Waals surface area contributed by atoms with E-state index in [4.69, 9.17) is 5.73 Å². The Balaban J connectivity index is 2.18. The van der Waals surface area contributed by atoms with Crippen molar-refractivity contribution in [2.45, 2.75) is 0 Å². The van der Waals surface area contributed by atoms with E-state index in [0.717, 1.165) is 0 Å². The van der Waals surface area contributed by atoms with E-state index in [9.17, 15) is 0 Å². The van der Waals surface area contributed by atoms with Crippen molar-refractivity contribution in [1.82, 2.24) is 19.7 Å². The second kappa shape index (κ2) is 3.33. The summed E-state index contributed by atoms with van der Waals surface area (Å²) in [7, 11) is 1.84. The van der Waals surface area contributed by atoms with Gasteiger partial charge in [0.25, 0.3) is 0 Å². The third-order valence-corrected chi connectivity index (χ3v) is 1.63. The van der Waals surface area contributed by atoms with Gasteiger partial charge in [0.2, 0.25) is 5.95 Å². The van der Waals surface area contributed by atoms with Crippen molar-refractivity contribution in [2.24, 2.45) is 7.05 Å². The molecule has 0 aromatic carbocycles. The summed E-state index contributed by atoms with van der Waals surface area (Å²) < 4.78 is 1.69. The summed E-state index contributed by atoms with van der Waals surface area (Å²) in [6.45, 7) is 0. The highest BCUT2D eigenvalue weighted by molar-refractivity contribution is 5.48. The Kier molecular flexibility index (Phi) is 2.02. The van der Waals surface area contributed by atoms with Crippen molar-refractivity contribution in [3.63, 3.8) is 0 Å². The minimum Gasteiger partial charge on any atom is -0.384 e. The molecule has 6 heteroatoms. The van der Waals surface area contributed by atoms with Crippen LogP contribution in [0.4, 0.5) is 17.6 Å². The highest BCUT2D eigenvalue weighted by Gasteiger charge is 1.99. The van der Waals surface area contributed by atoms with Crippen LogP contribution in [-0.2, 0) is 7.05 Å². The number of anilines is 3. The van der Waals surface area contributed by atoms with Gasteiger partial charge in [0.05, 0.1) is 0 Å². The lowest BCUT2D eigenvalue weighted by atomic mass is 10.6. The van der Waals surface area contributed by atoms with Crippen molar-refractivity contribution in [3.05, 3.63) is 24.5 Å². The van der Waals surface area contributed by atoms with E-state index in [1.54, 1.807) is 16.9 Å². The number of nitrogen functional groups attached to an aromatic ring is 1. The van der Waals surface area contributed by atoms with Crippen molar-refractivity contribution >= 4 is 17.6 Å². The summed E-state index contributed by atoms with van der Waals surface area (Å²) in [5.74, 6) is 1.57. The molecule has 0 fully saturated rings. The van der Waals surface area contributed by atoms with Crippen molar-refractivity contribution < 1.29 is 0 Å². The highest BCUT2D eigenvalue weighted by Crippen LogP contribution is 2.09. The van der Waals surface area contributed by atoms with E-state index in [1.165, 1.54) is 0 Å². The van der Waals surface area contributed by atoms with E-state index in [2.05, 4.69) is 20.4 Å². The molecule has 0 radical (unpaired) electrons. The van der Waals surface area contributed by atoms with Crippen LogP contribution in [0.5, 0.6) is 0 Å². The fourth-order valence-corrected chi connectivity index (χ4v) is 1.03. The van der Waals surface area contributed by atoms with E-state index in [0.29, 0.717) is 17.6 Å². The number of nitrogens with zero attached hydrogens (tertiary/aromatic N) is 4. The molecule has 0 aliphatic carbocycles. The molecule has 14 heavy (non-hydrogen) atoms. The summed E-state index contributed by atoms with van der Waals surface area (Å²) in [5, 5.41) is 7.05. The molecular weight excluding hydrogens is 180 g/mol. The number of nitrogens with one attached hydrogen (secondary N) is 1. The number of rotatable bonds is 2. The molecule has 0 aliphatic heterocycles. The molecule has 0 atom stereocenters. The first-order valence-electron chi connectivity index (χ1n) is 4.09. The first kappa shape index (κ1) is 8.49. The number of nitrogens with two attached hydrogens (primary N) is 1. The van der Waals surface area contributed by atoms with Gasteiger partial charge in [-0.15, -0.1) is 0 Å². The molecule has 0 saturated heterocycles. The Morgan fingerprint density at radius 3 is 2.93 bits per heavy atom. The molecule has 0 unspecified atom stereocenters. The summed E-state index contributed by atoms with van der Waals surface area (Å²) >= 11 is 0. The van der Waals surface area contributed by atoms with Gasteiger partial charge in [0, 0.05) is 25.5 Å².